The minimum absolute atomic E-state index is 0.375. The quantitative estimate of drug-likeness (QED) is 0.138. The SMILES string of the molecule is Cc1cc2cccnc2cc1N(C)c1cc2ncccc2cc1[PH](C)(c1cc2ccccc2cc1N(C)c1cc2ccccc2cc1PC(C)C)C(C)C. The number of fused-ring (bicyclic) bond motifs is 4. The molecule has 0 N–H and O–H groups in total. The molecular formula is C48H50N4P2. The number of nitrogens with zero attached hydrogens (tertiary/aromatic N) is 4. The van der Waals surface area contributed by atoms with Crippen molar-refractivity contribution in [3.05, 3.63) is 139 Å². The Morgan fingerprint density at radius 1 is 0.519 bits per heavy atom. The van der Waals surface area contributed by atoms with Gasteiger partial charge >= 0.3 is 324 Å². The fourth-order valence-electron chi connectivity index (χ4n) is 8.27. The van der Waals surface area contributed by atoms with E-state index >= 15 is 0 Å². The maximum atomic E-state index is 4.88. The zero-order chi connectivity index (χ0) is 37.7. The molecule has 1 unspecified atom stereocenters. The number of anilines is 4. The van der Waals surface area contributed by atoms with Gasteiger partial charge in [0.25, 0.3) is 0 Å². The van der Waals surface area contributed by atoms with Gasteiger partial charge in [-0.1, -0.05) is 0 Å². The minimum atomic E-state index is -2.59. The number of benzene rings is 6. The van der Waals surface area contributed by atoms with E-state index in [-0.39, 0.29) is 0 Å². The molecule has 0 saturated heterocycles. The van der Waals surface area contributed by atoms with Gasteiger partial charge in [-0.05, 0) is 0 Å². The Kier molecular flexibility index (Phi) is 9.63. The van der Waals surface area contributed by atoms with Crippen molar-refractivity contribution >= 4 is 97.9 Å². The molecule has 0 amide bonds. The Balaban J connectivity index is 1.40. The van der Waals surface area contributed by atoms with E-state index < -0.39 is 7.26 Å². The molecule has 272 valence electrons. The predicted molar refractivity (Wildman–Crippen MR) is 244 cm³/mol. The molecular weight excluding hydrogens is 695 g/mol. The van der Waals surface area contributed by atoms with Gasteiger partial charge in [0.1, 0.15) is 0 Å². The number of rotatable bonds is 9. The van der Waals surface area contributed by atoms with Crippen LogP contribution in [0.4, 0.5) is 22.7 Å². The third kappa shape index (κ3) is 6.40. The van der Waals surface area contributed by atoms with Crippen molar-refractivity contribution in [2.24, 2.45) is 0 Å². The van der Waals surface area contributed by atoms with Crippen LogP contribution >= 0.6 is 15.8 Å². The van der Waals surface area contributed by atoms with Crippen molar-refractivity contribution in [1.82, 2.24) is 9.97 Å². The van der Waals surface area contributed by atoms with E-state index in [1.54, 1.807) is 0 Å². The van der Waals surface area contributed by atoms with Gasteiger partial charge in [0.15, 0.2) is 0 Å². The Hall–Kier alpha value is -4.88. The van der Waals surface area contributed by atoms with E-state index in [2.05, 4.69) is 180 Å². The molecule has 0 aliphatic carbocycles. The molecule has 0 bridgehead atoms. The summed E-state index contributed by atoms with van der Waals surface area (Å²) in [6.07, 6.45) is 3.79. The molecule has 0 spiro atoms. The molecule has 0 radical (unpaired) electrons. The molecule has 1 atom stereocenters. The first-order valence-corrected chi connectivity index (χ1v) is 22.7. The Labute approximate surface area is 322 Å². The molecule has 0 saturated carbocycles. The number of hydrogen-bond donors (Lipinski definition) is 0. The number of pyridine rings is 2. The molecule has 0 aliphatic heterocycles. The van der Waals surface area contributed by atoms with E-state index in [0.717, 1.165) is 22.1 Å². The first-order valence-electron chi connectivity index (χ1n) is 19.1. The summed E-state index contributed by atoms with van der Waals surface area (Å²) in [5, 5.41) is 11.7. The number of hydrogen-bond acceptors (Lipinski definition) is 4. The second-order valence-electron chi connectivity index (χ2n) is 15.6. The van der Waals surface area contributed by atoms with Crippen LogP contribution in [0, 0.1) is 6.92 Å². The summed E-state index contributed by atoms with van der Waals surface area (Å²) >= 11 is 0. The normalized spacial score (nSPS) is 12.6. The first-order chi connectivity index (χ1) is 26.0. The van der Waals surface area contributed by atoms with Crippen molar-refractivity contribution in [3.63, 3.8) is 0 Å². The molecule has 4 nitrogen and oxygen atoms in total. The van der Waals surface area contributed by atoms with E-state index in [1.807, 2.05) is 18.5 Å². The molecule has 0 aliphatic rings. The van der Waals surface area contributed by atoms with Crippen LogP contribution in [0.1, 0.15) is 33.3 Å². The second-order valence-corrected chi connectivity index (χ2v) is 22.2. The third-order valence-corrected chi connectivity index (χ3v) is 18.2. The molecule has 2 aromatic heterocycles. The maximum absolute atomic E-state index is 4.88. The van der Waals surface area contributed by atoms with Crippen LogP contribution in [0.2, 0.25) is 0 Å². The summed E-state index contributed by atoms with van der Waals surface area (Å²) in [5.74, 6) is 0. The van der Waals surface area contributed by atoms with E-state index in [1.165, 1.54) is 65.5 Å². The summed E-state index contributed by atoms with van der Waals surface area (Å²) < 4.78 is 0. The summed E-state index contributed by atoms with van der Waals surface area (Å²) in [5.41, 5.74) is 9.10. The Bertz CT molecular complexity index is 2690. The van der Waals surface area contributed by atoms with Gasteiger partial charge < -0.3 is 0 Å². The van der Waals surface area contributed by atoms with Crippen LogP contribution in [-0.4, -0.2) is 42.0 Å². The average molecular weight is 745 g/mol. The van der Waals surface area contributed by atoms with E-state index in [9.17, 15) is 0 Å². The molecule has 6 aromatic carbocycles. The Morgan fingerprint density at radius 3 is 1.54 bits per heavy atom. The average Bonchev–Trinajstić information content (AvgIpc) is 3.18. The van der Waals surface area contributed by atoms with Gasteiger partial charge in [-0.3, -0.25) is 0 Å². The number of aromatic nitrogens is 2. The van der Waals surface area contributed by atoms with Crippen LogP contribution in [0.3, 0.4) is 0 Å². The van der Waals surface area contributed by atoms with Crippen LogP contribution in [0.25, 0.3) is 43.4 Å². The topological polar surface area (TPSA) is 32.3 Å². The van der Waals surface area contributed by atoms with Crippen molar-refractivity contribution in [2.75, 3.05) is 30.6 Å². The van der Waals surface area contributed by atoms with Gasteiger partial charge in [-0.25, -0.2) is 0 Å². The summed E-state index contributed by atoms with van der Waals surface area (Å²) in [6, 6.07) is 45.3. The van der Waals surface area contributed by atoms with Gasteiger partial charge in [0.05, 0.1) is 0 Å². The number of aryl methyl sites for hydroxylation is 1. The summed E-state index contributed by atoms with van der Waals surface area (Å²) in [7, 11) is 2.63. The predicted octanol–water partition coefficient (Wildman–Crippen LogP) is 11.4. The van der Waals surface area contributed by atoms with Crippen molar-refractivity contribution < 1.29 is 0 Å². The van der Waals surface area contributed by atoms with Crippen molar-refractivity contribution in [3.8, 4) is 0 Å². The van der Waals surface area contributed by atoms with Crippen molar-refractivity contribution in [1.29, 1.82) is 0 Å². The molecule has 0 fully saturated rings. The molecule has 8 rings (SSSR count). The molecule has 6 heteroatoms. The molecule has 54 heavy (non-hydrogen) atoms. The van der Waals surface area contributed by atoms with Crippen LogP contribution in [0.15, 0.2) is 134 Å². The second kappa shape index (κ2) is 14.4. The Morgan fingerprint density at radius 2 is 0.963 bits per heavy atom. The standard InChI is InChI=1S/C48H50N4P2/c1-31(2)53-46-26-36-17-11-9-15-34(36)24-43(46)52(7)44-25-35-16-10-12-18-37(35)27-47(44)54(8,32(3)4)48-28-39-20-14-22-50-41(39)30-45(48)51(6)42-29-40-38(23-33(42)5)19-13-21-49-40/h9-32,53-54H,1-8H3. The third-order valence-electron chi connectivity index (χ3n) is 11.5. The van der Waals surface area contributed by atoms with Crippen LogP contribution in [-0.2, 0) is 0 Å². The first kappa shape index (κ1) is 36.1. The van der Waals surface area contributed by atoms with E-state index in [0.29, 0.717) is 19.9 Å². The summed E-state index contributed by atoms with van der Waals surface area (Å²) in [6.45, 7) is 14.4. The van der Waals surface area contributed by atoms with Crippen LogP contribution in [0.5, 0.6) is 0 Å². The van der Waals surface area contributed by atoms with Crippen LogP contribution < -0.4 is 25.7 Å². The van der Waals surface area contributed by atoms with Gasteiger partial charge in [-0.15, -0.1) is 0 Å². The van der Waals surface area contributed by atoms with Gasteiger partial charge in [0, 0.05) is 0 Å². The summed E-state index contributed by atoms with van der Waals surface area (Å²) in [4.78, 5) is 14.5. The van der Waals surface area contributed by atoms with E-state index in [4.69, 9.17) is 9.97 Å². The molecule has 8 aromatic rings. The van der Waals surface area contributed by atoms with Crippen molar-refractivity contribution in [2.45, 2.75) is 45.9 Å². The fraction of sp³-hybridized carbons (Fsp3) is 0.208. The zero-order valence-electron chi connectivity index (χ0n) is 32.6. The molecule has 2 heterocycles. The zero-order valence-corrected chi connectivity index (χ0v) is 34.6. The van der Waals surface area contributed by atoms with Gasteiger partial charge in [0.2, 0.25) is 0 Å². The fourth-order valence-corrected chi connectivity index (χ4v) is 13.5. The van der Waals surface area contributed by atoms with Gasteiger partial charge in [-0.2, -0.15) is 0 Å². The monoisotopic (exact) mass is 744 g/mol.